The van der Waals surface area contributed by atoms with Crippen molar-refractivity contribution in [1.82, 2.24) is 4.98 Å². The zero-order valence-electron chi connectivity index (χ0n) is 16.2. The summed E-state index contributed by atoms with van der Waals surface area (Å²) in [5.74, 6) is 0.261. The highest BCUT2D eigenvalue weighted by Crippen LogP contribution is 2.36. The smallest absolute Gasteiger partial charge is 0.234 e. The SMILES string of the molecule is Cc1ccc(-c2csc(SCC(=O)Nc3cccc(Cl)c3N3CCCC3)n2)cc1. The number of hydrogen-bond acceptors (Lipinski definition) is 5. The second kappa shape index (κ2) is 9.20. The Balaban J connectivity index is 1.39. The molecular formula is C22H22ClN3OS2. The van der Waals surface area contributed by atoms with Crippen LogP contribution >= 0.6 is 34.7 Å². The summed E-state index contributed by atoms with van der Waals surface area (Å²) in [5, 5.41) is 5.75. The third-order valence-corrected chi connectivity index (χ3v) is 7.17. The van der Waals surface area contributed by atoms with Gasteiger partial charge in [0.1, 0.15) is 0 Å². The first kappa shape index (κ1) is 20.3. The normalized spacial score (nSPS) is 13.7. The molecule has 29 heavy (non-hydrogen) atoms. The number of rotatable bonds is 6. The van der Waals surface area contributed by atoms with Crippen LogP contribution in [0.15, 0.2) is 52.2 Å². The maximum atomic E-state index is 12.6. The van der Waals surface area contributed by atoms with E-state index in [1.165, 1.54) is 17.3 Å². The summed E-state index contributed by atoms with van der Waals surface area (Å²) >= 11 is 9.45. The standard InChI is InChI=1S/C22H22ClN3OS2/c1-15-7-9-16(10-8-15)19-13-28-22(25-19)29-14-20(27)24-18-6-4-5-17(23)21(18)26-11-2-3-12-26/h4-10,13H,2-3,11-12,14H2,1H3,(H,24,27). The number of para-hydroxylation sites is 1. The summed E-state index contributed by atoms with van der Waals surface area (Å²) in [6.07, 6.45) is 2.31. The van der Waals surface area contributed by atoms with E-state index < -0.39 is 0 Å². The van der Waals surface area contributed by atoms with Crippen LogP contribution in [0.25, 0.3) is 11.3 Å². The van der Waals surface area contributed by atoms with Crippen LogP contribution in [-0.2, 0) is 4.79 Å². The van der Waals surface area contributed by atoms with Gasteiger partial charge < -0.3 is 10.2 Å². The Hall–Kier alpha value is -2.02. The van der Waals surface area contributed by atoms with Crippen LogP contribution in [0.5, 0.6) is 0 Å². The van der Waals surface area contributed by atoms with Gasteiger partial charge in [-0.2, -0.15) is 0 Å². The molecule has 4 rings (SSSR count). The van der Waals surface area contributed by atoms with Crippen molar-refractivity contribution in [3.8, 4) is 11.3 Å². The average Bonchev–Trinajstić information content (AvgIpc) is 3.39. The van der Waals surface area contributed by atoms with E-state index in [-0.39, 0.29) is 5.91 Å². The van der Waals surface area contributed by atoms with Gasteiger partial charge in [0, 0.05) is 24.0 Å². The molecule has 1 saturated heterocycles. The first-order valence-corrected chi connectivity index (χ1v) is 11.8. The molecule has 0 aliphatic carbocycles. The van der Waals surface area contributed by atoms with Crippen molar-refractivity contribution >= 4 is 52.0 Å². The van der Waals surface area contributed by atoms with Crippen LogP contribution in [0.2, 0.25) is 5.02 Å². The maximum Gasteiger partial charge on any atom is 0.234 e. The van der Waals surface area contributed by atoms with Crippen LogP contribution in [-0.4, -0.2) is 29.7 Å². The van der Waals surface area contributed by atoms with E-state index >= 15 is 0 Å². The Labute approximate surface area is 184 Å². The highest BCUT2D eigenvalue weighted by atomic mass is 35.5. The van der Waals surface area contributed by atoms with E-state index in [1.54, 1.807) is 11.3 Å². The number of halogens is 1. The molecule has 0 spiro atoms. The molecule has 2 heterocycles. The monoisotopic (exact) mass is 443 g/mol. The van der Waals surface area contributed by atoms with Gasteiger partial charge in [0.15, 0.2) is 4.34 Å². The van der Waals surface area contributed by atoms with E-state index in [9.17, 15) is 4.79 Å². The van der Waals surface area contributed by atoms with Crippen molar-refractivity contribution < 1.29 is 4.79 Å². The van der Waals surface area contributed by atoms with Crippen LogP contribution < -0.4 is 10.2 Å². The number of thioether (sulfide) groups is 1. The average molecular weight is 444 g/mol. The molecule has 1 fully saturated rings. The van der Waals surface area contributed by atoms with Crippen molar-refractivity contribution in [2.24, 2.45) is 0 Å². The first-order chi connectivity index (χ1) is 14.1. The van der Waals surface area contributed by atoms with Crippen molar-refractivity contribution in [3.63, 3.8) is 0 Å². The molecule has 1 aliphatic heterocycles. The Kier molecular flexibility index (Phi) is 6.43. The molecule has 0 radical (unpaired) electrons. The Morgan fingerprint density at radius 3 is 2.72 bits per heavy atom. The molecule has 0 bridgehead atoms. The fourth-order valence-corrected chi connectivity index (χ4v) is 5.30. The van der Waals surface area contributed by atoms with Crippen LogP contribution in [0, 0.1) is 6.92 Å². The van der Waals surface area contributed by atoms with Gasteiger partial charge in [-0.1, -0.05) is 59.3 Å². The van der Waals surface area contributed by atoms with E-state index in [0.29, 0.717) is 10.8 Å². The summed E-state index contributed by atoms with van der Waals surface area (Å²) < 4.78 is 0.890. The van der Waals surface area contributed by atoms with Gasteiger partial charge in [-0.25, -0.2) is 4.98 Å². The van der Waals surface area contributed by atoms with Crippen LogP contribution in [0.3, 0.4) is 0 Å². The fraction of sp³-hybridized carbons (Fsp3) is 0.273. The largest absolute Gasteiger partial charge is 0.369 e. The van der Waals surface area contributed by atoms with Gasteiger partial charge >= 0.3 is 0 Å². The molecule has 4 nitrogen and oxygen atoms in total. The van der Waals surface area contributed by atoms with Gasteiger partial charge in [0.2, 0.25) is 5.91 Å². The summed E-state index contributed by atoms with van der Waals surface area (Å²) in [7, 11) is 0. The van der Waals surface area contributed by atoms with Gasteiger partial charge in [0.05, 0.1) is 27.8 Å². The van der Waals surface area contributed by atoms with Crippen molar-refractivity contribution in [2.45, 2.75) is 24.1 Å². The van der Waals surface area contributed by atoms with Gasteiger partial charge in [-0.3, -0.25) is 4.79 Å². The maximum absolute atomic E-state index is 12.6. The van der Waals surface area contributed by atoms with Gasteiger partial charge in [-0.15, -0.1) is 11.3 Å². The molecule has 1 aliphatic rings. The number of thiazole rings is 1. The second-order valence-corrected chi connectivity index (χ2v) is 9.52. The predicted octanol–water partition coefficient (Wildman–Crippen LogP) is 6.10. The first-order valence-electron chi connectivity index (χ1n) is 9.59. The zero-order chi connectivity index (χ0) is 20.2. The lowest BCUT2D eigenvalue weighted by Crippen LogP contribution is -2.22. The van der Waals surface area contributed by atoms with Crippen LogP contribution in [0.1, 0.15) is 18.4 Å². The van der Waals surface area contributed by atoms with Crippen molar-refractivity contribution in [3.05, 3.63) is 58.4 Å². The predicted molar refractivity (Wildman–Crippen MR) is 125 cm³/mol. The molecule has 2 aromatic carbocycles. The number of aromatic nitrogens is 1. The molecule has 0 atom stereocenters. The minimum atomic E-state index is -0.0511. The number of carbonyl (C=O) groups is 1. The molecule has 1 aromatic heterocycles. The number of nitrogens with zero attached hydrogens (tertiary/aromatic N) is 2. The third kappa shape index (κ3) is 4.94. The lowest BCUT2D eigenvalue weighted by Gasteiger charge is -2.22. The molecule has 150 valence electrons. The summed E-state index contributed by atoms with van der Waals surface area (Å²) in [6.45, 7) is 4.02. The molecule has 7 heteroatoms. The minimum Gasteiger partial charge on any atom is -0.369 e. The quantitative estimate of drug-likeness (QED) is 0.467. The highest BCUT2D eigenvalue weighted by molar-refractivity contribution is 8.01. The Morgan fingerprint density at radius 2 is 1.97 bits per heavy atom. The van der Waals surface area contributed by atoms with E-state index in [4.69, 9.17) is 11.6 Å². The fourth-order valence-electron chi connectivity index (χ4n) is 3.37. The summed E-state index contributed by atoms with van der Waals surface area (Å²) in [4.78, 5) is 19.5. The molecule has 1 N–H and O–H groups in total. The van der Waals surface area contributed by atoms with Gasteiger partial charge in [-0.05, 0) is 31.9 Å². The minimum absolute atomic E-state index is 0.0511. The van der Waals surface area contributed by atoms with Crippen LogP contribution in [0.4, 0.5) is 11.4 Å². The molecule has 0 unspecified atom stereocenters. The van der Waals surface area contributed by atoms with E-state index in [0.717, 1.165) is 52.9 Å². The number of benzene rings is 2. The second-order valence-electron chi connectivity index (χ2n) is 7.03. The Morgan fingerprint density at radius 1 is 1.21 bits per heavy atom. The molecule has 1 amide bonds. The van der Waals surface area contributed by atoms with Crippen molar-refractivity contribution in [1.29, 1.82) is 0 Å². The lowest BCUT2D eigenvalue weighted by atomic mass is 10.1. The van der Waals surface area contributed by atoms with E-state index in [1.807, 2.05) is 23.6 Å². The number of hydrogen-bond donors (Lipinski definition) is 1. The number of carbonyl (C=O) groups excluding carboxylic acids is 1. The molecular weight excluding hydrogens is 422 g/mol. The molecule has 0 saturated carbocycles. The number of aryl methyl sites for hydroxylation is 1. The van der Waals surface area contributed by atoms with Gasteiger partial charge in [0.25, 0.3) is 0 Å². The summed E-state index contributed by atoms with van der Waals surface area (Å²) in [6, 6.07) is 14.0. The number of amides is 1. The third-order valence-electron chi connectivity index (χ3n) is 4.84. The Bertz CT molecular complexity index is 998. The lowest BCUT2D eigenvalue weighted by molar-refractivity contribution is -0.113. The topological polar surface area (TPSA) is 45.2 Å². The summed E-state index contributed by atoms with van der Waals surface area (Å²) in [5.41, 5.74) is 4.98. The van der Waals surface area contributed by atoms with Crippen molar-refractivity contribution in [2.75, 3.05) is 29.1 Å². The highest BCUT2D eigenvalue weighted by Gasteiger charge is 2.20. The number of nitrogens with one attached hydrogen (secondary N) is 1. The number of anilines is 2. The van der Waals surface area contributed by atoms with E-state index in [2.05, 4.69) is 46.4 Å². The molecule has 3 aromatic rings. The zero-order valence-corrected chi connectivity index (χ0v) is 18.5.